The Balaban J connectivity index is 2.19. The number of rotatable bonds is 2. The quantitative estimate of drug-likeness (QED) is 0.766. The molecule has 0 saturated heterocycles. The summed E-state index contributed by atoms with van der Waals surface area (Å²) < 4.78 is 34.5. The second-order valence-corrected chi connectivity index (χ2v) is 4.30. The molecule has 2 heterocycles. The van der Waals surface area contributed by atoms with E-state index in [0.717, 1.165) is 4.90 Å². The van der Waals surface area contributed by atoms with Crippen LogP contribution in [-0.2, 0) is 10.5 Å². The Morgan fingerprint density at radius 1 is 1.16 bits per heavy atom. The molecule has 0 spiro atoms. The molecule has 1 aromatic carbocycles. The van der Waals surface area contributed by atoms with Gasteiger partial charge in [0.05, 0.1) is 0 Å². The molecule has 0 aliphatic carbocycles. The third-order valence-electron chi connectivity index (χ3n) is 3.28. The van der Waals surface area contributed by atoms with Crippen molar-refractivity contribution in [3.05, 3.63) is 60.3 Å². The highest BCUT2D eigenvalue weighted by Gasteiger charge is 2.64. The summed E-state index contributed by atoms with van der Waals surface area (Å²) in [4.78, 5) is 4.95. The second-order valence-electron chi connectivity index (χ2n) is 4.30. The zero-order chi connectivity index (χ0) is 13.5. The van der Waals surface area contributed by atoms with E-state index in [9.17, 15) is 8.78 Å². The predicted octanol–water partition coefficient (Wildman–Crippen LogP) is 2.88. The average Bonchev–Trinajstić information content (AvgIpc) is 2.69. The van der Waals surface area contributed by atoms with Gasteiger partial charge in [-0.15, -0.1) is 0 Å². The first-order valence-corrected chi connectivity index (χ1v) is 5.84. The van der Waals surface area contributed by atoms with E-state index in [0.29, 0.717) is 5.56 Å². The maximum Gasteiger partial charge on any atom is 0.384 e. The van der Waals surface area contributed by atoms with Crippen LogP contribution < -0.4 is 0 Å². The van der Waals surface area contributed by atoms with Gasteiger partial charge in [0.1, 0.15) is 5.84 Å². The normalized spacial score (nSPS) is 27.3. The number of aliphatic imine (C=N–C) groups is 1. The topological polar surface area (TPSA) is 24.8 Å². The lowest BCUT2D eigenvalue weighted by atomic mass is 10.0. The third kappa shape index (κ3) is 1.48. The number of hydrogen-bond donors (Lipinski definition) is 0. The van der Waals surface area contributed by atoms with Crippen molar-refractivity contribution in [3.63, 3.8) is 0 Å². The molecule has 0 fully saturated rings. The molecule has 3 nitrogen and oxygen atoms in total. The highest BCUT2D eigenvalue weighted by atomic mass is 19.3. The van der Waals surface area contributed by atoms with Crippen molar-refractivity contribution in [2.75, 3.05) is 7.11 Å². The fourth-order valence-electron chi connectivity index (χ4n) is 2.34. The minimum absolute atomic E-state index is 0.193. The van der Waals surface area contributed by atoms with E-state index in [1.807, 2.05) is 0 Å². The molecular formula is C14H12F2N2O. The Hall–Kier alpha value is -2.01. The average molecular weight is 262 g/mol. The molecule has 2 aliphatic rings. The number of methoxy groups -OCH3 is 1. The van der Waals surface area contributed by atoms with Crippen LogP contribution in [0.5, 0.6) is 0 Å². The molecule has 5 heteroatoms. The van der Waals surface area contributed by atoms with E-state index in [4.69, 9.17) is 4.74 Å². The number of fused-ring (bicyclic) bond motifs is 1. The van der Waals surface area contributed by atoms with E-state index in [1.54, 1.807) is 42.5 Å². The van der Waals surface area contributed by atoms with Crippen molar-refractivity contribution in [2.45, 2.75) is 11.8 Å². The maximum atomic E-state index is 14.7. The molecular weight excluding hydrogens is 250 g/mol. The Labute approximate surface area is 109 Å². The number of benzene rings is 1. The molecule has 2 aliphatic heterocycles. The molecule has 98 valence electrons. The standard InChI is InChI=1S/C14H12F2N2O/c1-19-13(11-7-3-2-4-8-11)14(15,16)18-10-6-5-9-12(18)17-13/h2-10H,1H3. The lowest BCUT2D eigenvalue weighted by molar-refractivity contribution is -0.233. The number of amidine groups is 1. The van der Waals surface area contributed by atoms with Crippen molar-refractivity contribution in [3.8, 4) is 0 Å². The summed E-state index contributed by atoms with van der Waals surface area (Å²) in [5.41, 5.74) is -1.69. The molecule has 19 heavy (non-hydrogen) atoms. The van der Waals surface area contributed by atoms with Crippen LogP contribution in [0.2, 0.25) is 0 Å². The van der Waals surface area contributed by atoms with Crippen molar-refractivity contribution < 1.29 is 13.5 Å². The summed E-state index contributed by atoms with van der Waals surface area (Å²) in [5.74, 6) is 0.193. The van der Waals surface area contributed by atoms with Crippen molar-refractivity contribution in [1.29, 1.82) is 0 Å². The van der Waals surface area contributed by atoms with Gasteiger partial charge in [0.2, 0.25) is 0 Å². The SMILES string of the molecule is COC1(c2ccccc2)N=C2C=CC=CN2C1(F)F. The molecule has 0 radical (unpaired) electrons. The monoisotopic (exact) mass is 262 g/mol. The molecule has 0 amide bonds. The number of halogens is 2. The minimum atomic E-state index is -3.28. The van der Waals surface area contributed by atoms with Crippen LogP contribution in [0.15, 0.2) is 59.8 Å². The van der Waals surface area contributed by atoms with Gasteiger partial charge in [0.15, 0.2) is 0 Å². The third-order valence-corrected chi connectivity index (χ3v) is 3.28. The lowest BCUT2D eigenvalue weighted by Crippen LogP contribution is -2.50. The summed E-state index contributed by atoms with van der Waals surface area (Å²) in [5, 5.41) is 0. The Kier molecular flexibility index (Phi) is 2.53. The number of allylic oxidation sites excluding steroid dienone is 2. The number of alkyl halides is 2. The first-order valence-electron chi connectivity index (χ1n) is 5.84. The molecule has 0 bridgehead atoms. The highest BCUT2D eigenvalue weighted by molar-refractivity contribution is 5.97. The van der Waals surface area contributed by atoms with Gasteiger partial charge >= 0.3 is 6.05 Å². The van der Waals surface area contributed by atoms with Gasteiger partial charge in [-0.3, -0.25) is 4.90 Å². The molecule has 1 unspecified atom stereocenters. The van der Waals surface area contributed by atoms with Crippen molar-refractivity contribution >= 4 is 5.84 Å². The summed E-state index contributed by atoms with van der Waals surface area (Å²) >= 11 is 0. The Morgan fingerprint density at radius 2 is 1.89 bits per heavy atom. The Bertz CT molecular complexity index is 580. The highest BCUT2D eigenvalue weighted by Crippen LogP contribution is 2.49. The van der Waals surface area contributed by atoms with Gasteiger partial charge in [0, 0.05) is 18.9 Å². The van der Waals surface area contributed by atoms with Crippen LogP contribution in [0.4, 0.5) is 8.78 Å². The maximum absolute atomic E-state index is 14.7. The van der Waals surface area contributed by atoms with Crippen LogP contribution in [0.3, 0.4) is 0 Å². The first-order chi connectivity index (χ1) is 9.12. The van der Waals surface area contributed by atoms with Crippen molar-refractivity contribution in [2.24, 2.45) is 4.99 Å². The minimum Gasteiger partial charge on any atom is -0.347 e. The zero-order valence-electron chi connectivity index (χ0n) is 10.3. The van der Waals surface area contributed by atoms with Gasteiger partial charge < -0.3 is 4.74 Å². The molecule has 0 N–H and O–H groups in total. The number of hydrogen-bond acceptors (Lipinski definition) is 3. The first kappa shape index (κ1) is 12.0. The zero-order valence-corrected chi connectivity index (χ0v) is 10.3. The summed E-state index contributed by atoms with van der Waals surface area (Å²) in [6.45, 7) is 0. The second kappa shape index (κ2) is 3.99. The smallest absolute Gasteiger partial charge is 0.347 e. The van der Waals surface area contributed by atoms with Gasteiger partial charge in [-0.25, -0.2) is 4.99 Å². The summed E-state index contributed by atoms with van der Waals surface area (Å²) in [6, 6.07) is 5.05. The molecule has 0 aromatic heterocycles. The van der Waals surface area contributed by atoms with Crippen LogP contribution in [0.25, 0.3) is 0 Å². The van der Waals surface area contributed by atoms with Crippen LogP contribution in [-0.4, -0.2) is 23.9 Å². The fourth-order valence-corrected chi connectivity index (χ4v) is 2.34. The van der Waals surface area contributed by atoms with E-state index >= 15 is 0 Å². The van der Waals surface area contributed by atoms with E-state index < -0.39 is 11.8 Å². The molecule has 0 saturated carbocycles. The molecule has 1 atom stereocenters. The van der Waals surface area contributed by atoms with Crippen molar-refractivity contribution in [1.82, 2.24) is 4.90 Å². The largest absolute Gasteiger partial charge is 0.384 e. The summed E-state index contributed by atoms with van der Waals surface area (Å²) in [7, 11) is 1.25. The predicted molar refractivity (Wildman–Crippen MR) is 67.6 cm³/mol. The van der Waals surface area contributed by atoms with E-state index in [2.05, 4.69) is 4.99 Å². The fraction of sp³-hybridized carbons (Fsp3) is 0.214. The molecule has 1 aromatic rings. The van der Waals surface area contributed by atoms with Crippen LogP contribution in [0.1, 0.15) is 5.56 Å². The lowest BCUT2D eigenvalue weighted by Gasteiger charge is -2.34. The van der Waals surface area contributed by atoms with Crippen LogP contribution in [0, 0.1) is 0 Å². The van der Waals surface area contributed by atoms with E-state index in [-0.39, 0.29) is 5.84 Å². The number of nitrogens with zero attached hydrogens (tertiary/aromatic N) is 2. The number of ether oxygens (including phenoxy) is 1. The van der Waals surface area contributed by atoms with Gasteiger partial charge in [0.25, 0.3) is 5.72 Å². The van der Waals surface area contributed by atoms with E-state index in [1.165, 1.54) is 19.4 Å². The van der Waals surface area contributed by atoms with Crippen LogP contribution >= 0.6 is 0 Å². The summed E-state index contributed by atoms with van der Waals surface area (Å²) in [6.07, 6.45) is 6.06. The molecule has 3 rings (SSSR count). The van der Waals surface area contributed by atoms with Gasteiger partial charge in [-0.05, 0) is 12.2 Å². The van der Waals surface area contributed by atoms with Gasteiger partial charge in [-0.2, -0.15) is 8.78 Å². The Morgan fingerprint density at radius 3 is 2.53 bits per heavy atom. The van der Waals surface area contributed by atoms with Gasteiger partial charge in [-0.1, -0.05) is 36.4 Å².